The highest BCUT2D eigenvalue weighted by molar-refractivity contribution is 4.97. The molecule has 106 valence electrons. The molecule has 1 saturated heterocycles. The number of hydrogen-bond acceptors (Lipinski definition) is 3. The lowest BCUT2D eigenvalue weighted by Gasteiger charge is -2.49. The molecule has 0 spiro atoms. The molecule has 18 heavy (non-hydrogen) atoms. The fraction of sp³-hybridized carbons (Fsp3) is 1.00. The summed E-state index contributed by atoms with van der Waals surface area (Å²) in [6.45, 7) is 5.00. The first kappa shape index (κ1) is 14.3. The highest BCUT2D eigenvalue weighted by Gasteiger charge is 2.39. The molecule has 3 heteroatoms. The van der Waals surface area contributed by atoms with E-state index in [-0.39, 0.29) is 0 Å². The molecule has 0 aromatic rings. The van der Waals surface area contributed by atoms with Crippen molar-refractivity contribution in [2.75, 3.05) is 47.3 Å². The Labute approximate surface area is 113 Å². The van der Waals surface area contributed by atoms with Crippen molar-refractivity contribution in [3.63, 3.8) is 0 Å². The van der Waals surface area contributed by atoms with E-state index >= 15 is 0 Å². The van der Waals surface area contributed by atoms with Gasteiger partial charge in [-0.15, -0.1) is 0 Å². The van der Waals surface area contributed by atoms with E-state index in [9.17, 15) is 0 Å². The predicted octanol–water partition coefficient (Wildman–Crippen LogP) is 1.79. The Bertz CT molecular complexity index is 242. The largest absolute Gasteiger partial charge is 0.317 e. The van der Waals surface area contributed by atoms with E-state index in [1.165, 1.54) is 64.7 Å². The van der Waals surface area contributed by atoms with Gasteiger partial charge in [-0.1, -0.05) is 0 Å². The van der Waals surface area contributed by atoms with Crippen molar-refractivity contribution in [2.45, 2.75) is 44.1 Å². The molecule has 0 aromatic heterocycles. The first-order valence-electron chi connectivity index (χ1n) is 7.69. The third kappa shape index (κ3) is 3.46. The zero-order chi connectivity index (χ0) is 13.0. The molecule has 0 unspecified atom stereocenters. The maximum Gasteiger partial charge on any atom is 0.0330 e. The molecule has 0 radical (unpaired) electrons. The number of nitrogens with zero attached hydrogens (tertiary/aromatic N) is 2. The van der Waals surface area contributed by atoms with Gasteiger partial charge >= 0.3 is 0 Å². The van der Waals surface area contributed by atoms with E-state index in [4.69, 9.17) is 0 Å². The van der Waals surface area contributed by atoms with Gasteiger partial charge in [-0.3, -0.25) is 0 Å². The molecule has 1 aliphatic heterocycles. The van der Waals surface area contributed by atoms with Gasteiger partial charge in [-0.25, -0.2) is 0 Å². The predicted molar refractivity (Wildman–Crippen MR) is 78.0 cm³/mol. The van der Waals surface area contributed by atoms with Gasteiger partial charge < -0.3 is 15.1 Å². The van der Waals surface area contributed by atoms with Crippen LogP contribution in [0.5, 0.6) is 0 Å². The third-order valence-electron chi connectivity index (χ3n) is 5.17. The molecular formula is C15H31N3. The van der Waals surface area contributed by atoms with Crippen molar-refractivity contribution in [2.24, 2.45) is 5.92 Å². The summed E-state index contributed by atoms with van der Waals surface area (Å²) in [6.07, 6.45) is 8.34. The van der Waals surface area contributed by atoms with Crippen LogP contribution in [-0.2, 0) is 0 Å². The molecule has 2 fully saturated rings. The lowest BCUT2D eigenvalue weighted by atomic mass is 9.75. The maximum atomic E-state index is 3.45. The van der Waals surface area contributed by atoms with Crippen LogP contribution >= 0.6 is 0 Å². The SMILES string of the molecule is CN(CCC1CCNCC1)CC1(N(C)C)CCC1. The van der Waals surface area contributed by atoms with Crippen LogP contribution in [-0.4, -0.2) is 62.7 Å². The third-order valence-corrected chi connectivity index (χ3v) is 5.17. The molecule has 1 saturated carbocycles. The fourth-order valence-electron chi connectivity index (χ4n) is 3.49. The Hall–Kier alpha value is -0.120. The minimum atomic E-state index is 0.489. The van der Waals surface area contributed by atoms with E-state index in [2.05, 4.69) is 36.3 Å². The Balaban J connectivity index is 1.69. The highest BCUT2D eigenvalue weighted by atomic mass is 15.2. The molecule has 0 aromatic carbocycles. The molecule has 1 N–H and O–H groups in total. The highest BCUT2D eigenvalue weighted by Crippen LogP contribution is 2.36. The van der Waals surface area contributed by atoms with Crippen molar-refractivity contribution in [1.29, 1.82) is 0 Å². The Morgan fingerprint density at radius 2 is 1.78 bits per heavy atom. The minimum Gasteiger partial charge on any atom is -0.317 e. The zero-order valence-electron chi connectivity index (χ0n) is 12.5. The van der Waals surface area contributed by atoms with E-state index in [0.717, 1.165) is 5.92 Å². The Morgan fingerprint density at radius 1 is 1.11 bits per heavy atom. The topological polar surface area (TPSA) is 18.5 Å². The van der Waals surface area contributed by atoms with Crippen molar-refractivity contribution in [3.05, 3.63) is 0 Å². The normalized spacial score (nSPS) is 24.5. The molecule has 1 aliphatic carbocycles. The monoisotopic (exact) mass is 253 g/mol. The standard InChI is InChI=1S/C15H31N3/c1-17(2)15(8-4-9-15)13-18(3)12-7-14-5-10-16-11-6-14/h14,16H,4-13H2,1-3H3. The summed E-state index contributed by atoms with van der Waals surface area (Å²) in [5, 5.41) is 3.45. The van der Waals surface area contributed by atoms with Gasteiger partial charge in [0.25, 0.3) is 0 Å². The van der Waals surface area contributed by atoms with Gasteiger partial charge in [-0.05, 0) is 85.2 Å². The van der Waals surface area contributed by atoms with Gasteiger partial charge in [0.1, 0.15) is 0 Å². The molecule has 0 bridgehead atoms. The van der Waals surface area contributed by atoms with Crippen molar-refractivity contribution in [1.82, 2.24) is 15.1 Å². The van der Waals surface area contributed by atoms with Crippen molar-refractivity contribution < 1.29 is 0 Å². The van der Waals surface area contributed by atoms with Crippen LogP contribution in [0, 0.1) is 5.92 Å². The quantitative estimate of drug-likeness (QED) is 0.778. The molecule has 0 atom stereocenters. The van der Waals surface area contributed by atoms with Crippen molar-refractivity contribution >= 4 is 0 Å². The van der Waals surface area contributed by atoms with Crippen LogP contribution in [0.2, 0.25) is 0 Å². The summed E-state index contributed by atoms with van der Waals surface area (Å²) in [4.78, 5) is 5.03. The van der Waals surface area contributed by atoms with Crippen LogP contribution in [0.15, 0.2) is 0 Å². The second-order valence-electron chi connectivity index (χ2n) is 6.69. The molecule has 2 rings (SSSR count). The van der Waals surface area contributed by atoms with Crippen LogP contribution in [0.4, 0.5) is 0 Å². The number of hydrogen-bond donors (Lipinski definition) is 1. The average molecular weight is 253 g/mol. The van der Waals surface area contributed by atoms with Crippen LogP contribution < -0.4 is 5.32 Å². The number of likely N-dealkylation sites (N-methyl/N-ethyl adjacent to an activating group) is 2. The molecular weight excluding hydrogens is 222 g/mol. The zero-order valence-corrected chi connectivity index (χ0v) is 12.5. The molecule has 3 nitrogen and oxygen atoms in total. The lowest BCUT2D eigenvalue weighted by Crippen LogP contribution is -2.56. The van der Waals surface area contributed by atoms with E-state index in [1.54, 1.807) is 0 Å². The van der Waals surface area contributed by atoms with Crippen LogP contribution in [0.1, 0.15) is 38.5 Å². The first-order valence-corrected chi connectivity index (χ1v) is 7.69. The number of piperidine rings is 1. The smallest absolute Gasteiger partial charge is 0.0330 e. The lowest BCUT2D eigenvalue weighted by molar-refractivity contribution is 0.0263. The van der Waals surface area contributed by atoms with Crippen LogP contribution in [0.25, 0.3) is 0 Å². The summed E-state index contributed by atoms with van der Waals surface area (Å²) >= 11 is 0. The van der Waals surface area contributed by atoms with Gasteiger partial charge in [0, 0.05) is 12.1 Å². The van der Waals surface area contributed by atoms with E-state index in [1.807, 2.05) is 0 Å². The van der Waals surface area contributed by atoms with Gasteiger partial charge in [0.15, 0.2) is 0 Å². The number of nitrogens with one attached hydrogen (secondary N) is 1. The van der Waals surface area contributed by atoms with E-state index in [0.29, 0.717) is 5.54 Å². The van der Waals surface area contributed by atoms with Gasteiger partial charge in [0.2, 0.25) is 0 Å². The minimum absolute atomic E-state index is 0.489. The van der Waals surface area contributed by atoms with Gasteiger partial charge in [0.05, 0.1) is 0 Å². The summed E-state index contributed by atoms with van der Waals surface area (Å²) in [5.74, 6) is 0.963. The molecule has 1 heterocycles. The summed E-state index contributed by atoms with van der Waals surface area (Å²) in [7, 11) is 6.81. The molecule has 0 amide bonds. The molecule has 2 aliphatic rings. The Kier molecular flexibility index (Phi) is 5.05. The summed E-state index contributed by atoms with van der Waals surface area (Å²) in [5.41, 5.74) is 0.489. The van der Waals surface area contributed by atoms with Crippen molar-refractivity contribution in [3.8, 4) is 0 Å². The summed E-state index contributed by atoms with van der Waals surface area (Å²) in [6, 6.07) is 0. The summed E-state index contributed by atoms with van der Waals surface area (Å²) < 4.78 is 0. The Morgan fingerprint density at radius 3 is 2.28 bits per heavy atom. The van der Waals surface area contributed by atoms with Gasteiger partial charge in [-0.2, -0.15) is 0 Å². The second kappa shape index (κ2) is 6.36. The average Bonchev–Trinajstić information content (AvgIpc) is 2.32. The second-order valence-corrected chi connectivity index (χ2v) is 6.69. The van der Waals surface area contributed by atoms with E-state index < -0.39 is 0 Å². The number of rotatable bonds is 6. The fourth-order valence-corrected chi connectivity index (χ4v) is 3.49. The first-order chi connectivity index (χ1) is 8.62. The van der Waals surface area contributed by atoms with Crippen LogP contribution in [0.3, 0.4) is 0 Å². The maximum absolute atomic E-state index is 3.45.